The molecular weight excluding hydrogens is 397 g/mol. The van der Waals surface area contributed by atoms with Crippen LogP contribution in [-0.2, 0) is 11.8 Å². The minimum absolute atomic E-state index is 0.348. The number of halogens is 5. The fourth-order valence-electron chi connectivity index (χ4n) is 2.23. The monoisotopic (exact) mass is 408 g/mol. The highest BCUT2D eigenvalue weighted by Gasteiger charge is 2.32. The third-order valence-electron chi connectivity index (χ3n) is 3.49. The van der Waals surface area contributed by atoms with E-state index in [0.29, 0.717) is 23.2 Å². The molecule has 0 fully saturated rings. The van der Waals surface area contributed by atoms with Crippen LogP contribution in [0.15, 0.2) is 46.9 Å². The molecule has 5 heteroatoms. The van der Waals surface area contributed by atoms with Crippen LogP contribution >= 0.6 is 50.7 Å². The standard InChI is InChI=1S/C16H13BrCl3F/c17-13-3-1-2-12(6-13)16(9-18,10-19)8-11-4-5-14(21)7-15(11)20/h1-7H,8-10H2. The van der Waals surface area contributed by atoms with E-state index in [1.807, 2.05) is 24.3 Å². The molecule has 0 atom stereocenters. The minimum Gasteiger partial charge on any atom is -0.207 e. The molecule has 0 aliphatic rings. The Labute approximate surface area is 147 Å². The Bertz CT molecular complexity index is 627. The van der Waals surface area contributed by atoms with Crippen LogP contribution in [0, 0.1) is 5.82 Å². The summed E-state index contributed by atoms with van der Waals surface area (Å²) in [5, 5.41) is 0.393. The van der Waals surface area contributed by atoms with Crippen molar-refractivity contribution >= 4 is 50.7 Å². The van der Waals surface area contributed by atoms with E-state index in [4.69, 9.17) is 34.8 Å². The van der Waals surface area contributed by atoms with Crippen LogP contribution in [0.3, 0.4) is 0 Å². The van der Waals surface area contributed by atoms with Gasteiger partial charge in [-0.1, -0.05) is 45.7 Å². The van der Waals surface area contributed by atoms with Crippen LogP contribution < -0.4 is 0 Å². The summed E-state index contributed by atoms with van der Waals surface area (Å²) in [6, 6.07) is 12.3. The number of alkyl halides is 2. The van der Waals surface area contributed by atoms with E-state index in [-0.39, 0.29) is 5.82 Å². The van der Waals surface area contributed by atoms with Gasteiger partial charge < -0.3 is 0 Å². The molecule has 0 aliphatic heterocycles. The molecule has 0 N–H and O–H groups in total. The van der Waals surface area contributed by atoms with Gasteiger partial charge in [0.1, 0.15) is 5.82 Å². The molecule has 2 aromatic carbocycles. The lowest BCUT2D eigenvalue weighted by Crippen LogP contribution is -2.33. The van der Waals surface area contributed by atoms with Crippen molar-refractivity contribution in [3.8, 4) is 0 Å². The van der Waals surface area contributed by atoms with E-state index in [9.17, 15) is 4.39 Å². The fraction of sp³-hybridized carbons (Fsp3) is 0.250. The van der Waals surface area contributed by atoms with Crippen LogP contribution in [0.2, 0.25) is 5.02 Å². The zero-order chi connectivity index (χ0) is 15.5. The van der Waals surface area contributed by atoms with Gasteiger partial charge >= 0.3 is 0 Å². The number of rotatable bonds is 5. The predicted molar refractivity (Wildman–Crippen MR) is 92.4 cm³/mol. The molecule has 0 bridgehead atoms. The first-order chi connectivity index (χ1) is 10.0. The van der Waals surface area contributed by atoms with Crippen LogP contribution in [0.5, 0.6) is 0 Å². The van der Waals surface area contributed by atoms with Gasteiger partial charge in [-0.25, -0.2) is 4.39 Å². The van der Waals surface area contributed by atoms with Crippen molar-refractivity contribution in [2.45, 2.75) is 11.8 Å². The van der Waals surface area contributed by atoms with E-state index < -0.39 is 5.41 Å². The van der Waals surface area contributed by atoms with Crippen molar-refractivity contribution < 1.29 is 4.39 Å². The third-order valence-corrected chi connectivity index (χ3v) is 5.36. The molecule has 2 rings (SSSR count). The average Bonchev–Trinajstić information content (AvgIpc) is 2.47. The van der Waals surface area contributed by atoms with Crippen molar-refractivity contribution in [1.29, 1.82) is 0 Å². The van der Waals surface area contributed by atoms with Crippen LogP contribution in [-0.4, -0.2) is 11.8 Å². The summed E-state index contributed by atoms with van der Waals surface area (Å²) < 4.78 is 14.1. The molecule has 0 saturated carbocycles. The maximum Gasteiger partial charge on any atom is 0.124 e. The molecular formula is C16H13BrCl3F. The normalized spacial score (nSPS) is 11.7. The molecule has 0 radical (unpaired) electrons. The molecule has 0 heterocycles. The summed E-state index contributed by atoms with van der Waals surface area (Å²) in [7, 11) is 0. The van der Waals surface area contributed by atoms with Gasteiger partial charge in [-0.2, -0.15) is 0 Å². The number of hydrogen-bond donors (Lipinski definition) is 0. The minimum atomic E-state index is -0.450. The summed E-state index contributed by atoms with van der Waals surface area (Å²) in [4.78, 5) is 0. The van der Waals surface area contributed by atoms with Crippen molar-refractivity contribution in [2.75, 3.05) is 11.8 Å². The Kier molecular flexibility index (Phi) is 5.96. The van der Waals surface area contributed by atoms with Crippen LogP contribution in [0.4, 0.5) is 4.39 Å². The molecule has 0 amide bonds. The zero-order valence-corrected chi connectivity index (χ0v) is 14.9. The SMILES string of the molecule is Fc1ccc(CC(CCl)(CCl)c2cccc(Br)c2)c(Cl)c1. The number of benzene rings is 2. The van der Waals surface area contributed by atoms with Gasteiger partial charge in [0.15, 0.2) is 0 Å². The molecule has 0 nitrogen and oxygen atoms in total. The molecule has 112 valence electrons. The van der Waals surface area contributed by atoms with Crippen molar-refractivity contribution in [3.05, 3.63) is 68.9 Å². The third kappa shape index (κ3) is 3.92. The Morgan fingerprint density at radius 1 is 1.05 bits per heavy atom. The summed E-state index contributed by atoms with van der Waals surface area (Å²) in [6.45, 7) is 0. The zero-order valence-electron chi connectivity index (χ0n) is 11.1. The van der Waals surface area contributed by atoms with Crippen molar-refractivity contribution in [1.82, 2.24) is 0 Å². The highest BCUT2D eigenvalue weighted by Crippen LogP contribution is 2.35. The molecule has 0 aromatic heterocycles. The van der Waals surface area contributed by atoms with Crippen LogP contribution in [0.25, 0.3) is 0 Å². The summed E-state index contributed by atoms with van der Waals surface area (Å²) in [5.74, 6) is 0.343. The van der Waals surface area contributed by atoms with E-state index in [0.717, 1.165) is 15.6 Å². The fourth-order valence-corrected chi connectivity index (χ4v) is 3.65. The first-order valence-corrected chi connectivity index (χ1v) is 8.57. The maximum atomic E-state index is 13.2. The first-order valence-electron chi connectivity index (χ1n) is 6.33. The van der Waals surface area contributed by atoms with Gasteiger partial charge in [-0.15, -0.1) is 23.2 Å². The molecule has 0 saturated heterocycles. The second kappa shape index (κ2) is 7.32. The quantitative estimate of drug-likeness (QED) is 0.515. The molecule has 0 aliphatic carbocycles. The lowest BCUT2D eigenvalue weighted by atomic mass is 9.79. The predicted octanol–water partition coefficient (Wildman–Crippen LogP) is 6.20. The van der Waals surface area contributed by atoms with Crippen molar-refractivity contribution in [2.24, 2.45) is 0 Å². The lowest BCUT2D eigenvalue weighted by molar-refractivity contribution is 0.535. The Morgan fingerprint density at radius 2 is 1.76 bits per heavy atom. The van der Waals surface area contributed by atoms with E-state index in [2.05, 4.69) is 15.9 Å². The second-order valence-corrected chi connectivity index (χ2v) is 6.83. The Balaban J connectivity index is 2.43. The average molecular weight is 411 g/mol. The molecule has 0 unspecified atom stereocenters. The first kappa shape index (κ1) is 17.1. The van der Waals surface area contributed by atoms with Gasteiger partial charge in [0.2, 0.25) is 0 Å². The Hall–Kier alpha value is -0.280. The van der Waals surface area contributed by atoms with Crippen molar-refractivity contribution in [3.63, 3.8) is 0 Å². The van der Waals surface area contributed by atoms with E-state index in [1.165, 1.54) is 12.1 Å². The largest absolute Gasteiger partial charge is 0.207 e. The molecule has 21 heavy (non-hydrogen) atoms. The smallest absolute Gasteiger partial charge is 0.124 e. The molecule has 2 aromatic rings. The van der Waals surface area contributed by atoms with Crippen LogP contribution in [0.1, 0.15) is 11.1 Å². The second-order valence-electron chi connectivity index (χ2n) is 4.97. The Morgan fingerprint density at radius 3 is 2.33 bits per heavy atom. The number of hydrogen-bond acceptors (Lipinski definition) is 0. The summed E-state index contributed by atoms with van der Waals surface area (Å²) in [5.41, 5.74) is 1.41. The van der Waals surface area contributed by atoms with Gasteiger partial charge in [0, 0.05) is 26.7 Å². The van der Waals surface area contributed by atoms with Gasteiger partial charge in [0.05, 0.1) is 0 Å². The lowest BCUT2D eigenvalue weighted by Gasteiger charge is -2.31. The van der Waals surface area contributed by atoms with E-state index >= 15 is 0 Å². The van der Waals surface area contributed by atoms with Gasteiger partial charge in [0.25, 0.3) is 0 Å². The van der Waals surface area contributed by atoms with Gasteiger partial charge in [-0.05, 0) is 41.8 Å². The van der Waals surface area contributed by atoms with Gasteiger partial charge in [-0.3, -0.25) is 0 Å². The summed E-state index contributed by atoms with van der Waals surface area (Å²) >= 11 is 22.0. The highest BCUT2D eigenvalue weighted by molar-refractivity contribution is 9.10. The summed E-state index contributed by atoms with van der Waals surface area (Å²) in [6.07, 6.45) is 0.551. The topological polar surface area (TPSA) is 0 Å². The maximum absolute atomic E-state index is 13.2. The molecule has 0 spiro atoms. The van der Waals surface area contributed by atoms with E-state index in [1.54, 1.807) is 6.07 Å². The highest BCUT2D eigenvalue weighted by atomic mass is 79.9.